The van der Waals surface area contributed by atoms with Crippen LogP contribution in [0.25, 0.3) is 0 Å². The van der Waals surface area contributed by atoms with E-state index in [1.54, 1.807) is 18.0 Å². The first-order valence-corrected chi connectivity index (χ1v) is 7.52. The van der Waals surface area contributed by atoms with E-state index in [1.807, 2.05) is 43.3 Å². The van der Waals surface area contributed by atoms with E-state index < -0.39 is 0 Å². The van der Waals surface area contributed by atoms with Crippen LogP contribution in [-0.4, -0.2) is 12.2 Å². The zero-order valence-corrected chi connectivity index (χ0v) is 11.9. The molecule has 0 aliphatic heterocycles. The van der Waals surface area contributed by atoms with Gasteiger partial charge in [-0.3, -0.25) is 4.79 Å². The molecule has 1 aromatic heterocycles. The van der Waals surface area contributed by atoms with E-state index in [9.17, 15) is 4.79 Å². The highest BCUT2D eigenvalue weighted by Gasteiger charge is 2.13. The average Bonchev–Trinajstić information content (AvgIpc) is 2.94. The van der Waals surface area contributed by atoms with Crippen molar-refractivity contribution in [2.45, 2.75) is 18.7 Å². The summed E-state index contributed by atoms with van der Waals surface area (Å²) >= 11 is 1.76. The summed E-state index contributed by atoms with van der Waals surface area (Å²) in [5.74, 6) is 1.64. The SMILES string of the molecule is CSCc1ccc(C(=O)N[C@@H](C)c2ccco2)cc1. The summed E-state index contributed by atoms with van der Waals surface area (Å²) < 4.78 is 5.27. The van der Waals surface area contributed by atoms with Crippen molar-refractivity contribution in [3.05, 3.63) is 59.5 Å². The van der Waals surface area contributed by atoms with Crippen LogP contribution in [-0.2, 0) is 5.75 Å². The van der Waals surface area contributed by atoms with E-state index in [-0.39, 0.29) is 11.9 Å². The molecule has 1 atom stereocenters. The molecule has 2 rings (SSSR count). The Hall–Kier alpha value is -1.68. The second kappa shape index (κ2) is 6.48. The van der Waals surface area contributed by atoms with Crippen LogP contribution < -0.4 is 5.32 Å². The Morgan fingerprint density at radius 3 is 2.63 bits per heavy atom. The van der Waals surface area contributed by atoms with Gasteiger partial charge in [0, 0.05) is 11.3 Å². The number of carbonyl (C=O) groups excluding carboxylic acids is 1. The van der Waals surface area contributed by atoms with Gasteiger partial charge in [0.25, 0.3) is 5.91 Å². The van der Waals surface area contributed by atoms with Crippen molar-refractivity contribution < 1.29 is 9.21 Å². The van der Waals surface area contributed by atoms with Gasteiger partial charge in [-0.2, -0.15) is 11.8 Å². The minimum Gasteiger partial charge on any atom is -0.467 e. The van der Waals surface area contributed by atoms with E-state index in [1.165, 1.54) is 5.56 Å². The number of furan rings is 1. The lowest BCUT2D eigenvalue weighted by atomic mass is 10.1. The molecule has 0 aliphatic rings. The molecule has 1 heterocycles. The zero-order chi connectivity index (χ0) is 13.7. The molecule has 0 radical (unpaired) electrons. The number of thioether (sulfide) groups is 1. The molecule has 2 aromatic rings. The normalized spacial score (nSPS) is 12.1. The van der Waals surface area contributed by atoms with Crippen molar-refractivity contribution in [3.8, 4) is 0 Å². The fourth-order valence-electron chi connectivity index (χ4n) is 1.81. The highest BCUT2D eigenvalue weighted by Crippen LogP contribution is 2.14. The second-order valence-electron chi connectivity index (χ2n) is 4.34. The van der Waals surface area contributed by atoms with Crippen molar-refractivity contribution in [1.82, 2.24) is 5.32 Å². The Morgan fingerprint density at radius 1 is 1.32 bits per heavy atom. The molecule has 3 nitrogen and oxygen atoms in total. The van der Waals surface area contributed by atoms with Crippen LogP contribution in [0.2, 0.25) is 0 Å². The van der Waals surface area contributed by atoms with Crippen LogP contribution in [0.1, 0.15) is 34.6 Å². The standard InChI is InChI=1S/C15H17NO2S/c1-11(14-4-3-9-18-14)16-15(17)13-7-5-12(6-8-13)10-19-2/h3-9,11H,10H2,1-2H3,(H,16,17)/t11-/m0/s1. The average molecular weight is 275 g/mol. The van der Waals surface area contributed by atoms with Crippen LogP contribution in [0.4, 0.5) is 0 Å². The molecule has 1 N–H and O–H groups in total. The molecular formula is C15H17NO2S. The van der Waals surface area contributed by atoms with Gasteiger partial charge >= 0.3 is 0 Å². The fraction of sp³-hybridized carbons (Fsp3) is 0.267. The number of rotatable bonds is 5. The minimum atomic E-state index is -0.131. The van der Waals surface area contributed by atoms with Crippen LogP contribution in [0.5, 0.6) is 0 Å². The Bertz CT molecular complexity index is 520. The first kappa shape index (κ1) is 13.7. The third-order valence-electron chi connectivity index (χ3n) is 2.84. The topological polar surface area (TPSA) is 42.2 Å². The lowest BCUT2D eigenvalue weighted by Crippen LogP contribution is -2.26. The summed E-state index contributed by atoms with van der Waals surface area (Å²) in [6.45, 7) is 1.90. The molecule has 100 valence electrons. The molecule has 0 saturated heterocycles. The Kier molecular flexibility index (Phi) is 4.68. The van der Waals surface area contributed by atoms with Crippen LogP contribution in [0, 0.1) is 0 Å². The van der Waals surface area contributed by atoms with E-state index in [0.29, 0.717) is 5.56 Å². The van der Waals surface area contributed by atoms with Crippen molar-refractivity contribution in [1.29, 1.82) is 0 Å². The zero-order valence-electron chi connectivity index (χ0n) is 11.1. The number of amides is 1. The van der Waals surface area contributed by atoms with Crippen molar-refractivity contribution in [2.75, 3.05) is 6.26 Å². The first-order valence-electron chi connectivity index (χ1n) is 6.13. The van der Waals surface area contributed by atoms with Crippen LogP contribution in [0.3, 0.4) is 0 Å². The smallest absolute Gasteiger partial charge is 0.251 e. The van der Waals surface area contributed by atoms with Gasteiger partial charge in [0.2, 0.25) is 0 Å². The van der Waals surface area contributed by atoms with Gasteiger partial charge in [0.05, 0.1) is 12.3 Å². The number of hydrogen-bond acceptors (Lipinski definition) is 3. The Morgan fingerprint density at radius 2 is 2.05 bits per heavy atom. The summed E-state index contributed by atoms with van der Waals surface area (Å²) in [7, 11) is 0. The summed E-state index contributed by atoms with van der Waals surface area (Å²) in [5.41, 5.74) is 1.89. The van der Waals surface area contributed by atoms with Gasteiger partial charge in [-0.25, -0.2) is 0 Å². The number of hydrogen-bond donors (Lipinski definition) is 1. The van der Waals surface area contributed by atoms with Gasteiger partial charge in [-0.1, -0.05) is 12.1 Å². The monoisotopic (exact) mass is 275 g/mol. The quantitative estimate of drug-likeness (QED) is 0.906. The largest absolute Gasteiger partial charge is 0.467 e. The Labute approximate surface area is 117 Å². The molecular weight excluding hydrogens is 258 g/mol. The van der Waals surface area contributed by atoms with E-state index in [0.717, 1.165) is 11.5 Å². The van der Waals surface area contributed by atoms with Crippen molar-refractivity contribution in [2.24, 2.45) is 0 Å². The highest BCUT2D eigenvalue weighted by molar-refractivity contribution is 7.97. The second-order valence-corrected chi connectivity index (χ2v) is 5.21. The maximum atomic E-state index is 12.1. The van der Waals surface area contributed by atoms with Crippen molar-refractivity contribution >= 4 is 17.7 Å². The minimum absolute atomic E-state index is 0.0837. The fourth-order valence-corrected chi connectivity index (χ4v) is 2.33. The van der Waals surface area contributed by atoms with Gasteiger partial charge in [-0.05, 0) is 43.0 Å². The third kappa shape index (κ3) is 3.64. The summed E-state index contributed by atoms with van der Waals surface area (Å²) in [4.78, 5) is 12.1. The molecule has 0 fully saturated rings. The number of carbonyl (C=O) groups is 1. The predicted molar refractivity (Wildman–Crippen MR) is 78.3 cm³/mol. The van der Waals surface area contributed by atoms with E-state index >= 15 is 0 Å². The first-order chi connectivity index (χ1) is 9.20. The lowest BCUT2D eigenvalue weighted by Gasteiger charge is -2.11. The van der Waals surface area contributed by atoms with Crippen LogP contribution in [0.15, 0.2) is 47.1 Å². The highest BCUT2D eigenvalue weighted by atomic mass is 32.2. The summed E-state index contributed by atoms with van der Waals surface area (Å²) in [6, 6.07) is 11.2. The molecule has 0 aliphatic carbocycles. The van der Waals surface area contributed by atoms with Crippen molar-refractivity contribution in [3.63, 3.8) is 0 Å². The molecule has 0 unspecified atom stereocenters. The predicted octanol–water partition coefficient (Wildman–Crippen LogP) is 3.63. The lowest BCUT2D eigenvalue weighted by molar-refractivity contribution is 0.0935. The Balaban J connectivity index is 1.99. The molecule has 0 spiro atoms. The maximum Gasteiger partial charge on any atom is 0.251 e. The number of nitrogens with one attached hydrogen (secondary N) is 1. The maximum absolute atomic E-state index is 12.1. The van der Waals surface area contributed by atoms with E-state index in [4.69, 9.17) is 4.42 Å². The number of benzene rings is 1. The molecule has 19 heavy (non-hydrogen) atoms. The summed E-state index contributed by atoms with van der Waals surface area (Å²) in [5, 5.41) is 2.91. The third-order valence-corrected chi connectivity index (χ3v) is 3.47. The molecule has 0 saturated carbocycles. The molecule has 4 heteroatoms. The molecule has 1 amide bonds. The van der Waals surface area contributed by atoms with Gasteiger partial charge in [0.15, 0.2) is 0 Å². The van der Waals surface area contributed by atoms with Gasteiger partial charge in [-0.15, -0.1) is 0 Å². The molecule has 0 bridgehead atoms. The van der Waals surface area contributed by atoms with Gasteiger partial charge < -0.3 is 9.73 Å². The summed E-state index contributed by atoms with van der Waals surface area (Å²) in [6.07, 6.45) is 3.67. The molecule has 1 aromatic carbocycles. The van der Waals surface area contributed by atoms with Crippen LogP contribution >= 0.6 is 11.8 Å². The van der Waals surface area contributed by atoms with Gasteiger partial charge in [0.1, 0.15) is 5.76 Å². The van der Waals surface area contributed by atoms with E-state index in [2.05, 4.69) is 11.6 Å².